The van der Waals surface area contributed by atoms with E-state index in [1.807, 2.05) is 12.5 Å². The van der Waals surface area contributed by atoms with Crippen LogP contribution in [0.1, 0.15) is 35.5 Å². The lowest BCUT2D eigenvalue weighted by atomic mass is 9.79. The number of imidazole rings is 1. The first-order valence-corrected chi connectivity index (χ1v) is 7.93. The number of rotatable bonds is 1. The van der Waals surface area contributed by atoms with E-state index in [0.717, 1.165) is 29.9 Å². The van der Waals surface area contributed by atoms with Gasteiger partial charge in [-0.15, -0.1) is 0 Å². The Morgan fingerprint density at radius 2 is 2.00 bits per heavy atom. The predicted molar refractivity (Wildman–Crippen MR) is 84.6 cm³/mol. The average molecular weight is 304 g/mol. The summed E-state index contributed by atoms with van der Waals surface area (Å²) in [5, 5.41) is 10.9. The fraction of sp³-hybridized carbons (Fsp3) is 0.278. The van der Waals surface area contributed by atoms with Gasteiger partial charge in [0.2, 0.25) is 0 Å². The Balaban J connectivity index is 1.64. The molecule has 5 nitrogen and oxygen atoms in total. The van der Waals surface area contributed by atoms with Crippen LogP contribution in [0.3, 0.4) is 0 Å². The lowest BCUT2D eigenvalue weighted by molar-refractivity contribution is 0.0669. The quantitative estimate of drug-likeness (QED) is 0.750. The van der Waals surface area contributed by atoms with E-state index >= 15 is 0 Å². The molecular weight excluding hydrogens is 288 g/mol. The fourth-order valence-electron chi connectivity index (χ4n) is 4.12. The first-order chi connectivity index (χ1) is 11.3. The number of aliphatic hydroxyl groups is 1. The number of hydrogen-bond acceptors (Lipinski definition) is 4. The molecule has 0 fully saturated rings. The maximum absolute atomic E-state index is 10.9. The van der Waals surface area contributed by atoms with Gasteiger partial charge < -0.3 is 9.67 Å². The third kappa shape index (κ3) is 1.74. The van der Waals surface area contributed by atoms with E-state index < -0.39 is 6.10 Å². The summed E-state index contributed by atoms with van der Waals surface area (Å²) in [4.78, 5) is 13.1. The van der Waals surface area contributed by atoms with E-state index in [9.17, 15) is 5.11 Å². The maximum atomic E-state index is 10.9. The van der Waals surface area contributed by atoms with Gasteiger partial charge in [-0.25, -0.2) is 4.98 Å². The zero-order chi connectivity index (χ0) is 15.4. The zero-order valence-electron chi connectivity index (χ0n) is 12.5. The lowest BCUT2D eigenvalue weighted by Crippen LogP contribution is -2.29. The van der Waals surface area contributed by atoms with Gasteiger partial charge in [0.15, 0.2) is 0 Å². The molecule has 2 aromatic heterocycles. The first kappa shape index (κ1) is 13.0. The zero-order valence-corrected chi connectivity index (χ0v) is 12.5. The molecule has 1 N–H and O–H groups in total. The minimum absolute atomic E-state index is 0.0794. The normalized spacial score (nSPS) is 24.8. The van der Waals surface area contributed by atoms with Gasteiger partial charge in [-0.2, -0.15) is 0 Å². The minimum Gasteiger partial charge on any atom is -0.386 e. The summed E-state index contributed by atoms with van der Waals surface area (Å²) in [5.74, 6) is 0.0794. The summed E-state index contributed by atoms with van der Waals surface area (Å²) in [7, 11) is 0. The number of hydrogen-bond donors (Lipinski definition) is 1. The molecule has 3 aromatic rings. The third-order valence-corrected chi connectivity index (χ3v) is 5.13. The summed E-state index contributed by atoms with van der Waals surface area (Å²) >= 11 is 0. The Morgan fingerprint density at radius 1 is 1.13 bits per heavy atom. The van der Waals surface area contributed by atoms with Crippen molar-refractivity contribution in [3.8, 4) is 11.3 Å². The Bertz CT molecular complexity index is 888. The fourth-order valence-corrected chi connectivity index (χ4v) is 4.12. The van der Waals surface area contributed by atoms with Crippen LogP contribution < -0.4 is 0 Å². The van der Waals surface area contributed by atoms with Crippen molar-refractivity contribution in [3.05, 3.63) is 66.1 Å². The topological polar surface area (TPSA) is 63.8 Å². The molecule has 23 heavy (non-hydrogen) atoms. The minimum atomic E-state index is -0.598. The van der Waals surface area contributed by atoms with Gasteiger partial charge >= 0.3 is 0 Å². The molecule has 5 rings (SSSR count). The van der Waals surface area contributed by atoms with Gasteiger partial charge in [0, 0.05) is 23.9 Å². The van der Waals surface area contributed by atoms with Crippen LogP contribution >= 0.6 is 0 Å². The van der Waals surface area contributed by atoms with Gasteiger partial charge in [0.25, 0.3) is 0 Å². The summed E-state index contributed by atoms with van der Waals surface area (Å²) in [6.07, 6.45) is 8.29. The Morgan fingerprint density at radius 3 is 2.96 bits per heavy atom. The molecule has 0 saturated heterocycles. The predicted octanol–water partition coefficient (Wildman–Crippen LogP) is 2.54. The number of fused-ring (bicyclic) bond motifs is 4. The summed E-state index contributed by atoms with van der Waals surface area (Å²) < 4.78 is 2.19. The molecule has 0 bridgehead atoms. The Labute approximate surface area is 133 Å². The van der Waals surface area contributed by atoms with Crippen LogP contribution in [0.5, 0.6) is 0 Å². The van der Waals surface area contributed by atoms with E-state index in [-0.39, 0.29) is 12.0 Å². The molecule has 1 aliphatic heterocycles. The van der Waals surface area contributed by atoms with Crippen molar-refractivity contribution in [1.29, 1.82) is 0 Å². The molecule has 5 heteroatoms. The largest absolute Gasteiger partial charge is 0.386 e. The molecule has 3 heterocycles. The third-order valence-electron chi connectivity index (χ3n) is 5.13. The molecule has 1 aliphatic carbocycles. The second-order valence-corrected chi connectivity index (χ2v) is 6.25. The van der Waals surface area contributed by atoms with Crippen LogP contribution in [0.25, 0.3) is 11.3 Å². The number of nitrogens with zero attached hydrogens (tertiary/aromatic N) is 4. The molecule has 1 unspecified atom stereocenters. The van der Waals surface area contributed by atoms with E-state index in [1.54, 1.807) is 12.4 Å². The molecule has 0 saturated carbocycles. The van der Waals surface area contributed by atoms with Crippen molar-refractivity contribution in [2.75, 3.05) is 0 Å². The molecule has 3 atom stereocenters. The van der Waals surface area contributed by atoms with Crippen molar-refractivity contribution in [2.45, 2.75) is 25.0 Å². The molecule has 0 spiro atoms. The molecule has 0 amide bonds. The van der Waals surface area contributed by atoms with Crippen molar-refractivity contribution < 1.29 is 5.11 Å². The van der Waals surface area contributed by atoms with Gasteiger partial charge in [-0.3, -0.25) is 9.97 Å². The Hall–Kier alpha value is -2.53. The van der Waals surface area contributed by atoms with E-state index in [4.69, 9.17) is 0 Å². The monoisotopic (exact) mass is 304 g/mol. The second kappa shape index (κ2) is 4.73. The lowest BCUT2D eigenvalue weighted by Gasteiger charge is -2.33. The number of aryl methyl sites for hydroxylation is 1. The smallest absolute Gasteiger partial charge is 0.103 e. The molecule has 1 aromatic carbocycles. The highest BCUT2D eigenvalue weighted by atomic mass is 16.3. The highest BCUT2D eigenvalue weighted by Gasteiger charge is 2.41. The summed E-state index contributed by atoms with van der Waals surface area (Å²) in [6, 6.07) is 8.51. The van der Waals surface area contributed by atoms with Crippen LogP contribution in [0, 0.1) is 5.92 Å². The van der Waals surface area contributed by atoms with Gasteiger partial charge in [-0.1, -0.05) is 24.3 Å². The van der Waals surface area contributed by atoms with E-state index in [2.05, 4.69) is 43.8 Å². The first-order valence-electron chi connectivity index (χ1n) is 7.93. The van der Waals surface area contributed by atoms with Crippen molar-refractivity contribution in [3.63, 3.8) is 0 Å². The summed E-state index contributed by atoms with van der Waals surface area (Å²) in [6.45, 7) is 0. The maximum Gasteiger partial charge on any atom is 0.103 e. The standard InChI is InChI=1S/C18H16N4O/c23-18-13(5-6-14-16(18)21-8-7-20-14)17-12-4-2-1-3-11(12)15-9-19-10-22(15)17/h1-4,7-10,13,17-18,23H,5-6H2/t13-,17?,18-/m0/s1. The van der Waals surface area contributed by atoms with Gasteiger partial charge in [-0.05, 0) is 18.4 Å². The van der Waals surface area contributed by atoms with E-state index in [1.165, 1.54) is 11.1 Å². The van der Waals surface area contributed by atoms with Crippen molar-refractivity contribution in [2.24, 2.45) is 5.92 Å². The molecule has 114 valence electrons. The van der Waals surface area contributed by atoms with E-state index in [0.29, 0.717) is 0 Å². The molecule has 2 aliphatic rings. The second-order valence-electron chi connectivity index (χ2n) is 6.25. The molecule has 0 radical (unpaired) electrons. The SMILES string of the molecule is O[C@@H]1c2nccnc2CC[C@H]1C1c2ccccc2-c2cncn21. The van der Waals surface area contributed by atoms with Crippen LogP contribution in [-0.4, -0.2) is 24.6 Å². The molecular formula is C18H16N4O. The van der Waals surface area contributed by atoms with Crippen LogP contribution in [-0.2, 0) is 6.42 Å². The number of aromatic nitrogens is 4. The van der Waals surface area contributed by atoms with Gasteiger partial charge in [0.1, 0.15) is 6.10 Å². The van der Waals surface area contributed by atoms with Crippen LogP contribution in [0.4, 0.5) is 0 Å². The Kier molecular flexibility index (Phi) is 2.67. The van der Waals surface area contributed by atoms with Crippen LogP contribution in [0.2, 0.25) is 0 Å². The highest BCUT2D eigenvalue weighted by Crippen LogP contribution is 2.49. The number of benzene rings is 1. The highest BCUT2D eigenvalue weighted by molar-refractivity contribution is 5.69. The van der Waals surface area contributed by atoms with Crippen molar-refractivity contribution in [1.82, 2.24) is 19.5 Å². The number of aliphatic hydroxyl groups excluding tert-OH is 1. The average Bonchev–Trinajstić information content (AvgIpc) is 3.17. The van der Waals surface area contributed by atoms with Crippen molar-refractivity contribution >= 4 is 0 Å². The summed E-state index contributed by atoms with van der Waals surface area (Å²) in [5.41, 5.74) is 5.26. The van der Waals surface area contributed by atoms with Crippen LogP contribution in [0.15, 0.2) is 49.2 Å². The van der Waals surface area contributed by atoms with Gasteiger partial charge in [0.05, 0.1) is 35.6 Å².